The van der Waals surface area contributed by atoms with Crippen molar-refractivity contribution < 1.29 is 9.84 Å². The van der Waals surface area contributed by atoms with Crippen molar-refractivity contribution in [3.8, 4) is 11.8 Å². The molecular weight excluding hydrogens is 266 g/mol. The molecule has 1 aromatic carbocycles. The largest absolute Gasteiger partial charge is 0.489 e. The second-order valence-corrected chi connectivity index (χ2v) is 5.53. The molecule has 1 aromatic rings. The van der Waals surface area contributed by atoms with Crippen molar-refractivity contribution in [2.45, 2.75) is 12.5 Å². The van der Waals surface area contributed by atoms with Crippen LogP contribution in [0.25, 0.3) is 0 Å². The predicted molar refractivity (Wildman–Crippen MR) is 81.2 cm³/mol. The molecule has 1 fully saturated rings. The van der Waals surface area contributed by atoms with E-state index in [1.165, 1.54) is 0 Å². The first-order chi connectivity index (χ1) is 10.2. The second-order valence-electron chi connectivity index (χ2n) is 5.53. The number of benzene rings is 1. The van der Waals surface area contributed by atoms with Gasteiger partial charge in [0.25, 0.3) is 0 Å². The van der Waals surface area contributed by atoms with Crippen molar-refractivity contribution >= 4 is 0 Å². The highest BCUT2D eigenvalue weighted by atomic mass is 16.5. The summed E-state index contributed by atoms with van der Waals surface area (Å²) in [5.41, 5.74) is 0.501. The van der Waals surface area contributed by atoms with Gasteiger partial charge in [-0.1, -0.05) is 12.1 Å². The number of hydrogen-bond acceptors (Lipinski definition) is 5. The molecule has 1 aliphatic heterocycles. The standard InChI is InChI=1S/C16H23N3O2/c1-18-7-4-8-19(10-9-18)12-15(20)13-21-16-6-3-2-5-14(16)11-17/h2-3,5-6,15,20H,4,7-10,12-13H2,1H3. The summed E-state index contributed by atoms with van der Waals surface area (Å²) in [4.78, 5) is 4.58. The Hall–Kier alpha value is -1.61. The van der Waals surface area contributed by atoms with E-state index in [0.717, 1.165) is 32.6 Å². The van der Waals surface area contributed by atoms with E-state index < -0.39 is 6.10 Å². The van der Waals surface area contributed by atoms with Crippen molar-refractivity contribution in [3.63, 3.8) is 0 Å². The van der Waals surface area contributed by atoms with Gasteiger partial charge < -0.3 is 14.7 Å². The van der Waals surface area contributed by atoms with E-state index >= 15 is 0 Å². The number of ether oxygens (including phenoxy) is 1. The topological polar surface area (TPSA) is 59.7 Å². The molecule has 1 aliphatic rings. The van der Waals surface area contributed by atoms with E-state index in [4.69, 9.17) is 10.00 Å². The normalized spacial score (nSPS) is 18.7. The second kappa shape index (κ2) is 7.99. The molecule has 0 radical (unpaired) electrons. The fourth-order valence-corrected chi connectivity index (χ4v) is 2.50. The lowest BCUT2D eigenvalue weighted by molar-refractivity contribution is 0.0695. The van der Waals surface area contributed by atoms with Crippen LogP contribution in [0.2, 0.25) is 0 Å². The Kier molecular flexibility index (Phi) is 6.00. The molecule has 0 bridgehead atoms. The minimum Gasteiger partial charge on any atom is -0.489 e. The molecule has 0 saturated carbocycles. The van der Waals surface area contributed by atoms with Crippen LogP contribution in [0.15, 0.2) is 24.3 Å². The molecule has 1 unspecified atom stereocenters. The third-order valence-electron chi connectivity index (χ3n) is 3.72. The summed E-state index contributed by atoms with van der Waals surface area (Å²) in [6, 6.07) is 9.19. The molecule has 1 saturated heterocycles. The molecule has 114 valence electrons. The van der Waals surface area contributed by atoms with Crippen molar-refractivity contribution in [1.29, 1.82) is 5.26 Å². The maximum atomic E-state index is 10.1. The van der Waals surface area contributed by atoms with Gasteiger partial charge in [-0.3, -0.25) is 4.90 Å². The van der Waals surface area contributed by atoms with Crippen LogP contribution >= 0.6 is 0 Å². The van der Waals surface area contributed by atoms with Crippen LogP contribution in [0.5, 0.6) is 5.75 Å². The molecule has 5 heteroatoms. The third kappa shape index (κ3) is 5.01. The van der Waals surface area contributed by atoms with Gasteiger partial charge in [-0.2, -0.15) is 5.26 Å². The van der Waals surface area contributed by atoms with Gasteiger partial charge in [0.1, 0.15) is 24.5 Å². The molecule has 21 heavy (non-hydrogen) atoms. The third-order valence-corrected chi connectivity index (χ3v) is 3.72. The Balaban J connectivity index is 1.79. The zero-order valence-corrected chi connectivity index (χ0v) is 12.5. The summed E-state index contributed by atoms with van der Waals surface area (Å²) < 4.78 is 5.57. The molecule has 0 amide bonds. The van der Waals surface area contributed by atoms with Crippen LogP contribution in [-0.4, -0.2) is 67.4 Å². The summed E-state index contributed by atoms with van der Waals surface area (Å²) in [5, 5.41) is 19.1. The SMILES string of the molecule is CN1CCCN(CC(O)COc2ccccc2C#N)CC1. The minimum atomic E-state index is -0.542. The van der Waals surface area contributed by atoms with Gasteiger partial charge in [0.15, 0.2) is 0 Å². The Morgan fingerprint density at radius 1 is 1.29 bits per heavy atom. The molecule has 0 spiro atoms. The highest BCUT2D eigenvalue weighted by Gasteiger charge is 2.16. The van der Waals surface area contributed by atoms with E-state index in [1.54, 1.807) is 18.2 Å². The highest BCUT2D eigenvalue weighted by Crippen LogP contribution is 2.16. The number of β-amino-alcohol motifs (C(OH)–C–C–N with tert-alkyl or cyclic N) is 1. The van der Waals surface area contributed by atoms with E-state index in [1.807, 2.05) is 6.07 Å². The minimum absolute atomic E-state index is 0.213. The number of rotatable bonds is 5. The first kappa shape index (κ1) is 15.8. The van der Waals surface area contributed by atoms with Gasteiger partial charge in [0.2, 0.25) is 0 Å². The fourth-order valence-electron chi connectivity index (χ4n) is 2.50. The van der Waals surface area contributed by atoms with Crippen molar-refractivity contribution in [2.75, 3.05) is 46.4 Å². The van der Waals surface area contributed by atoms with Gasteiger partial charge in [-0.15, -0.1) is 0 Å². The smallest absolute Gasteiger partial charge is 0.137 e. The lowest BCUT2D eigenvalue weighted by Gasteiger charge is -2.23. The Morgan fingerprint density at radius 3 is 2.90 bits per heavy atom. The molecule has 1 N–H and O–H groups in total. The van der Waals surface area contributed by atoms with Gasteiger partial charge in [0.05, 0.1) is 5.56 Å². The number of para-hydroxylation sites is 1. The van der Waals surface area contributed by atoms with Crippen molar-refractivity contribution in [2.24, 2.45) is 0 Å². The molecule has 2 rings (SSSR count). The number of hydrogen-bond donors (Lipinski definition) is 1. The molecule has 5 nitrogen and oxygen atoms in total. The van der Waals surface area contributed by atoms with Crippen LogP contribution in [0, 0.1) is 11.3 Å². The van der Waals surface area contributed by atoms with Gasteiger partial charge in [-0.05, 0) is 38.7 Å². The summed E-state index contributed by atoms with van der Waals surface area (Å²) in [5.74, 6) is 0.537. The number of likely N-dealkylation sites (N-methyl/N-ethyl adjacent to an activating group) is 1. The molecule has 1 atom stereocenters. The number of nitriles is 1. The zero-order valence-electron chi connectivity index (χ0n) is 12.5. The number of aliphatic hydroxyl groups is 1. The summed E-state index contributed by atoms with van der Waals surface area (Å²) in [7, 11) is 2.13. The summed E-state index contributed by atoms with van der Waals surface area (Å²) >= 11 is 0. The van der Waals surface area contributed by atoms with Crippen LogP contribution in [0.4, 0.5) is 0 Å². The van der Waals surface area contributed by atoms with Gasteiger partial charge in [-0.25, -0.2) is 0 Å². The average Bonchev–Trinajstić information content (AvgIpc) is 2.70. The Morgan fingerprint density at radius 2 is 2.10 bits per heavy atom. The van der Waals surface area contributed by atoms with E-state index in [-0.39, 0.29) is 6.61 Å². The summed E-state index contributed by atoms with van der Waals surface area (Å²) in [6.07, 6.45) is 0.585. The average molecular weight is 289 g/mol. The quantitative estimate of drug-likeness (QED) is 0.874. The predicted octanol–water partition coefficient (Wildman–Crippen LogP) is 0.935. The van der Waals surface area contributed by atoms with Crippen molar-refractivity contribution in [3.05, 3.63) is 29.8 Å². The Bertz CT molecular complexity index is 487. The van der Waals surface area contributed by atoms with Crippen LogP contribution in [0.1, 0.15) is 12.0 Å². The molecule has 1 heterocycles. The van der Waals surface area contributed by atoms with Crippen molar-refractivity contribution in [1.82, 2.24) is 9.80 Å². The first-order valence-electron chi connectivity index (χ1n) is 7.40. The lowest BCUT2D eigenvalue weighted by atomic mass is 10.2. The van der Waals surface area contributed by atoms with E-state index in [0.29, 0.717) is 17.9 Å². The van der Waals surface area contributed by atoms with Gasteiger partial charge in [0, 0.05) is 19.6 Å². The molecule has 0 aliphatic carbocycles. The van der Waals surface area contributed by atoms with E-state index in [9.17, 15) is 5.11 Å². The highest BCUT2D eigenvalue weighted by molar-refractivity contribution is 5.42. The molecular formula is C16H23N3O2. The van der Waals surface area contributed by atoms with Crippen LogP contribution < -0.4 is 4.74 Å². The maximum absolute atomic E-state index is 10.1. The lowest BCUT2D eigenvalue weighted by Crippen LogP contribution is -2.37. The molecule has 0 aromatic heterocycles. The summed E-state index contributed by atoms with van der Waals surface area (Å²) in [6.45, 7) is 4.95. The number of aliphatic hydroxyl groups excluding tert-OH is 1. The van der Waals surface area contributed by atoms with E-state index in [2.05, 4.69) is 22.9 Å². The zero-order chi connectivity index (χ0) is 15.1. The monoisotopic (exact) mass is 289 g/mol. The first-order valence-corrected chi connectivity index (χ1v) is 7.40. The maximum Gasteiger partial charge on any atom is 0.137 e. The van der Waals surface area contributed by atoms with Gasteiger partial charge >= 0.3 is 0 Å². The van der Waals surface area contributed by atoms with Crippen LogP contribution in [-0.2, 0) is 0 Å². The fraction of sp³-hybridized carbons (Fsp3) is 0.562. The van der Waals surface area contributed by atoms with Crippen LogP contribution in [0.3, 0.4) is 0 Å². The number of nitrogens with zero attached hydrogens (tertiary/aromatic N) is 3. The Labute approximate surface area is 126 Å².